The third-order valence-corrected chi connectivity index (χ3v) is 8.67. The summed E-state index contributed by atoms with van der Waals surface area (Å²) >= 11 is 0. The first-order valence-electron chi connectivity index (χ1n) is 14.6. The Morgan fingerprint density at radius 2 is 1.76 bits per heavy atom. The molecule has 1 saturated carbocycles. The number of rotatable bonds is 11. The number of aliphatic hydroxyl groups excluding tert-OH is 1. The van der Waals surface area contributed by atoms with Gasteiger partial charge in [-0.15, -0.1) is 0 Å². The molecule has 214 valence electrons. The number of aliphatic hydroxyl groups is 1. The van der Waals surface area contributed by atoms with Gasteiger partial charge in [-0.1, -0.05) is 27.7 Å². The molecule has 8 nitrogen and oxygen atoms in total. The summed E-state index contributed by atoms with van der Waals surface area (Å²) in [5.74, 6) is 0.800. The van der Waals surface area contributed by atoms with E-state index in [9.17, 15) is 14.7 Å². The van der Waals surface area contributed by atoms with Crippen LogP contribution in [0.15, 0.2) is 0 Å². The zero-order valence-corrected chi connectivity index (χ0v) is 24.5. The summed E-state index contributed by atoms with van der Waals surface area (Å²) in [4.78, 5) is 28.2. The molecule has 0 radical (unpaired) electrons. The van der Waals surface area contributed by atoms with Crippen molar-refractivity contribution in [2.45, 2.75) is 129 Å². The highest BCUT2D eigenvalue weighted by atomic mass is 16.5. The minimum Gasteiger partial charge on any atom is -0.393 e. The molecule has 0 bridgehead atoms. The van der Waals surface area contributed by atoms with Crippen LogP contribution in [-0.2, 0) is 14.3 Å². The van der Waals surface area contributed by atoms with Crippen LogP contribution in [0.1, 0.15) is 99.8 Å². The van der Waals surface area contributed by atoms with E-state index in [1.54, 1.807) is 0 Å². The molecule has 8 heteroatoms. The summed E-state index contributed by atoms with van der Waals surface area (Å²) < 4.78 is 6.21. The van der Waals surface area contributed by atoms with E-state index in [2.05, 4.69) is 64.4 Å². The number of amides is 2. The lowest BCUT2D eigenvalue weighted by molar-refractivity contribution is -0.137. The molecule has 2 aliphatic heterocycles. The van der Waals surface area contributed by atoms with Crippen molar-refractivity contribution in [3.05, 3.63) is 0 Å². The van der Waals surface area contributed by atoms with Gasteiger partial charge < -0.3 is 25.4 Å². The molecule has 0 aromatic carbocycles. The highest BCUT2D eigenvalue weighted by Crippen LogP contribution is 2.44. The number of piperidine rings is 1. The van der Waals surface area contributed by atoms with Crippen LogP contribution in [0.4, 0.5) is 0 Å². The predicted molar refractivity (Wildman–Crippen MR) is 147 cm³/mol. The molecular formula is C29H54N4O4. The number of hydrogen-bond donors (Lipinski definition) is 4. The minimum atomic E-state index is -0.459. The molecule has 0 aromatic heterocycles. The number of likely N-dealkylation sites (tertiary alicyclic amines) is 1. The van der Waals surface area contributed by atoms with Gasteiger partial charge in [0.15, 0.2) is 0 Å². The van der Waals surface area contributed by atoms with Gasteiger partial charge in [-0.05, 0) is 83.1 Å². The van der Waals surface area contributed by atoms with Gasteiger partial charge in [-0.25, -0.2) is 0 Å². The van der Waals surface area contributed by atoms with Crippen LogP contribution in [0.25, 0.3) is 0 Å². The minimum absolute atomic E-state index is 0.0457. The molecular weight excluding hydrogens is 468 g/mol. The largest absolute Gasteiger partial charge is 0.393 e. The number of nitrogens with zero attached hydrogens (tertiary/aromatic N) is 1. The average molecular weight is 523 g/mol. The van der Waals surface area contributed by atoms with Gasteiger partial charge in [0.2, 0.25) is 11.8 Å². The smallest absolute Gasteiger partial charge is 0.237 e. The fourth-order valence-electron chi connectivity index (χ4n) is 5.96. The van der Waals surface area contributed by atoms with Crippen LogP contribution in [0.2, 0.25) is 0 Å². The van der Waals surface area contributed by atoms with Gasteiger partial charge in [-0.2, -0.15) is 0 Å². The Morgan fingerprint density at radius 3 is 2.30 bits per heavy atom. The van der Waals surface area contributed by atoms with Crippen LogP contribution >= 0.6 is 0 Å². The Balaban J connectivity index is 1.49. The van der Waals surface area contributed by atoms with Crippen LogP contribution < -0.4 is 16.0 Å². The zero-order chi connectivity index (χ0) is 27.4. The van der Waals surface area contributed by atoms with Crippen molar-refractivity contribution in [2.24, 2.45) is 17.3 Å². The number of nitrogens with one attached hydrogen (secondary N) is 3. The molecule has 2 heterocycles. The van der Waals surface area contributed by atoms with Crippen LogP contribution in [0, 0.1) is 17.3 Å². The summed E-state index contributed by atoms with van der Waals surface area (Å²) in [5.41, 5.74) is -0.518. The second kappa shape index (κ2) is 12.3. The molecule has 0 aromatic rings. The monoisotopic (exact) mass is 522 g/mol. The summed E-state index contributed by atoms with van der Waals surface area (Å²) in [6.45, 7) is 17.9. The highest BCUT2D eigenvalue weighted by molar-refractivity contribution is 5.82. The lowest BCUT2D eigenvalue weighted by atomic mass is 9.63. The van der Waals surface area contributed by atoms with Crippen molar-refractivity contribution in [1.82, 2.24) is 20.9 Å². The van der Waals surface area contributed by atoms with Crippen molar-refractivity contribution in [3.63, 3.8) is 0 Å². The summed E-state index contributed by atoms with van der Waals surface area (Å²) in [7, 11) is 0. The number of carbonyl (C=O) groups excluding carboxylic acids is 2. The normalized spacial score (nSPS) is 28.3. The Kier molecular flexibility index (Phi) is 10.1. The maximum Gasteiger partial charge on any atom is 0.237 e. The number of carbonyl (C=O) groups is 2. The first-order valence-corrected chi connectivity index (χ1v) is 14.6. The average Bonchev–Trinajstić information content (AvgIpc) is 3.21. The molecule has 3 fully saturated rings. The topological polar surface area (TPSA) is 103 Å². The van der Waals surface area contributed by atoms with E-state index in [0.29, 0.717) is 38.3 Å². The van der Waals surface area contributed by atoms with Crippen molar-refractivity contribution >= 4 is 11.8 Å². The molecule has 4 N–H and O–H groups in total. The van der Waals surface area contributed by atoms with E-state index in [4.69, 9.17) is 4.74 Å². The van der Waals surface area contributed by atoms with Gasteiger partial charge >= 0.3 is 0 Å². The van der Waals surface area contributed by atoms with E-state index >= 15 is 0 Å². The molecule has 1 aliphatic carbocycles. The van der Waals surface area contributed by atoms with Crippen molar-refractivity contribution in [3.8, 4) is 0 Å². The molecule has 0 spiro atoms. The third-order valence-electron chi connectivity index (χ3n) is 8.67. The first-order chi connectivity index (χ1) is 17.2. The second-order valence-corrected chi connectivity index (χ2v) is 13.9. The Morgan fingerprint density at radius 1 is 1.11 bits per heavy atom. The third kappa shape index (κ3) is 8.64. The van der Waals surface area contributed by atoms with Gasteiger partial charge in [0.1, 0.15) is 5.72 Å². The van der Waals surface area contributed by atoms with Gasteiger partial charge in [0, 0.05) is 44.1 Å². The van der Waals surface area contributed by atoms with Crippen molar-refractivity contribution in [2.75, 3.05) is 26.2 Å². The van der Waals surface area contributed by atoms with E-state index in [1.807, 2.05) is 4.90 Å². The predicted octanol–water partition coefficient (Wildman–Crippen LogP) is 3.18. The Bertz CT molecular complexity index is 758. The fraction of sp³-hybridized carbons (Fsp3) is 0.931. The molecule has 2 saturated heterocycles. The SMILES string of the molecule is CC(C)C(NC1(CCNC(C)(C)C)CCCO1)C(=O)NC1CC(C(C)(C)CC(=O)N2CCC(O)CC2)C1. The van der Waals surface area contributed by atoms with Crippen molar-refractivity contribution in [1.29, 1.82) is 0 Å². The molecule has 37 heavy (non-hydrogen) atoms. The summed E-state index contributed by atoms with van der Waals surface area (Å²) in [6, 6.07) is -0.154. The standard InChI is InChI=1S/C29H54N4O4/c1-20(2)25(32-29(11-8-16-37-29)12-13-30-27(3,4)5)26(36)31-22-17-21(18-22)28(6,7)19-24(35)33-14-9-23(34)10-15-33/h20-23,25,30,32,34H,8-19H2,1-7H3,(H,31,36). The first kappa shape index (κ1) is 30.3. The number of ether oxygens (including phenoxy) is 1. The van der Waals surface area contributed by atoms with E-state index in [-0.39, 0.29) is 46.9 Å². The van der Waals surface area contributed by atoms with Crippen LogP contribution in [-0.4, -0.2) is 77.5 Å². The Labute approximate surface area is 225 Å². The van der Waals surface area contributed by atoms with Crippen molar-refractivity contribution < 1.29 is 19.4 Å². The van der Waals surface area contributed by atoms with E-state index < -0.39 is 5.72 Å². The molecule has 2 atom stereocenters. The maximum atomic E-state index is 13.4. The van der Waals surface area contributed by atoms with E-state index in [1.165, 1.54) is 0 Å². The van der Waals surface area contributed by atoms with Crippen LogP contribution in [0.5, 0.6) is 0 Å². The highest BCUT2D eigenvalue weighted by Gasteiger charge is 2.44. The maximum absolute atomic E-state index is 13.4. The Hall–Kier alpha value is -1.22. The molecule has 3 aliphatic rings. The summed E-state index contributed by atoms with van der Waals surface area (Å²) in [5, 5.41) is 20.2. The summed E-state index contributed by atoms with van der Waals surface area (Å²) in [6.07, 6.45) is 6.16. The van der Waals surface area contributed by atoms with E-state index in [0.717, 1.165) is 45.3 Å². The fourth-order valence-corrected chi connectivity index (χ4v) is 5.96. The molecule has 2 unspecified atom stereocenters. The molecule has 3 rings (SSSR count). The second-order valence-electron chi connectivity index (χ2n) is 13.9. The lowest BCUT2D eigenvalue weighted by Gasteiger charge is -2.46. The van der Waals surface area contributed by atoms with Gasteiger partial charge in [-0.3, -0.25) is 14.9 Å². The van der Waals surface area contributed by atoms with Crippen LogP contribution in [0.3, 0.4) is 0 Å². The molecule has 2 amide bonds. The number of hydrogen-bond acceptors (Lipinski definition) is 6. The quantitative estimate of drug-likeness (QED) is 0.332. The lowest BCUT2D eigenvalue weighted by Crippen LogP contribution is -2.61. The zero-order valence-electron chi connectivity index (χ0n) is 24.5. The van der Waals surface area contributed by atoms with Gasteiger partial charge in [0.05, 0.1) is 12.1 Å². The van der Waals surface area contributed by atoms with Gasteiger partial charge in [0.25, 0.3) is 0 Å².